The summed E-state index contributed by atoms with van der Waals surface area (Å²) < 4.78 is 10.8. The molecule has 0 N–H and O–H groups in total. The third kappa shape index (κ3) is 5.39. The lowest BCUT2D eigenvalue weighted by Crippen LogP contribution is -2.40. The van der Waals surface area contributed by atoms with Crippen molar-refractivity contribution < 1.29 is 14.1 Å². The van der Waals surface area contributed by atoms with Gasteiger partial charge in [0.15, 0.2) is 5.82 Å². The van der Waals surface area contributed by atoms with E-state index in [1.807, 2.05) is 43.3 Å². The molecule has 1 aliphatic rings. The van der Waals surface area contributed by atoms with E-state index in [4.69, 9.17) is 14.2 Å². The van der Waals surface area contributed by atoms with Crippen molar-refractivity contribution in [3.8, 4) is 0 Å². The monoisotopic (exact) mass is 419 g/mol. The summed E-state index contributed by atoms with van der Waals surface area (Å²) >= 11 is 0. The molecular formula is C25H29N3O3. The predicted octanol–water partition coefficient (Wildman–Crippen LogP) is 4.56. The van der Waals surface area contributed by atoms with Gasteiger partial charge in [0.2, 0.25) is 5.89 Å². The summed E-state index contributed by atoms with van der Waals surface area (Å²) in [5, 5.41) is 4.35. The molecule has 0 radical (unpaired) electrons. The van der Waals surface area contributed by atoms with Crippen molar-refractivity contribution in [1.29, 1.82) is 0 Å². The number of ether oxygens (including phenoxy) is 1. The summed E-state index contributed by atoms with van der Waals surface area (Å²) in [6, 6.07) is 20.6. The molecule has 0 bridgehead atoms. The third-order valence-electron chi connectivity index (χ3n) is 5.80. The minimum Gasteiger partial charge on any atom is -0.466 e. The van der Waals surface area contributed by atoms with Gasteiger partial charge in [0.25, 0.3) is 0 Å². The molecule has 1 aromatic heterocycles. The molecule has 6 heteroatoms. The van der Waals surface area contributed by atoms with Crippen LogP contribution in [0.2, 0.25) is 0 Å². The number of nitrogens with zero attached hydrogens (tertiary/aromatic N) is 3. The van der Waals surface area contributed by atoms with Crippen molar-refractivity contribution >= 4 is 5.97 Å². The van der Waals surface area contributed by atoms with Crippen LogP contribution in [-0.2, 0) is 16.1 Å². The van der Waals surface area contributed by atoms with Gasteiger partial charge in [0, 0.05) is 6.04 Å². The molecule has 1 unspecified atom stereocenters. The number of hydrogen-bond acceptors (Lipinski definition) is 6. The first kappa shape index (κ1) is 21.2. The maximum atomic E-state index is 12.0. The van der Waals surface area contributed by atoms with E-state index in [0.717, 1.165) is 36.9 Å². The van der Waals surface area contributed by atoms with Crippen LogP contribution in [0.4, 0.5) is 0 Å². The molecule has 1 fully saturated rings. The SMILES string of the molecule is CCOC(=O)CC1CCCCN1Cc1nc(C(c2ccccc2)c2ccccc2)no1. The number of aromatic nitrogens is 2. The number of likely N-dealkylation sites (tertiary alicyclic amines) is 1. The maximum absolute atomic E-state index is 12.0. The van der Waals surface area contributed by atoms with E-state index >= 15 is 0 Å². The lowest BCUT2D eigenvalue weighted by atomic mass is 9.91. The highest BCUT2D eigenvalue weighted by atomic mass is 16.5. The Morgan fingerprint density at radius 2 is 1.77 bits per heavy atom. The van der Waals surface area contributed by atoms with Crippen molar-refractivity contribution in [2.75, 3.05) is 13.2 Å². The van der Waals surface area contributed by atoms with Gasteiger partial charge in [0.1, 0.15) is 0 Å². The first-order valence-corrected chi connectivity index (χ1v) is 11.1. The van der Waals surface area contributed by atoms with E-state index in [9.17, 15) is 4.79 Å². The summed E-state index contributed by atoms with van der Waals surface area (Å²) in [6.07, 6.45) is 3.62. The Labute approximate surface area is 183 Å². The molecule has 0 amide bonds. The molecule has 162 valence electrons. The summed E-state index contributed by atoms with van der Waals surface area (Å²) in [7, 11) is 0. The summed E-state index contributed by atoms with van der Waals surface area (Å²) in [6.45, 7) is 3.72. The Hall–Kier alpha value is -2.99. The summed E-state index contributed by atoms with van der Waals surface area (Å²) in [5.41, 5.74) is 2.25. The van der Waals surface area contributed by atoms with Crippen LogP contribution < -0.4 is 0 Å². The van der Waals surface area contributed by atoms with Gasteiger partial charge in [-0.25, -0.2) is 0 Å². The number of esters is 1. The Balaban J connectivity index is 1.53. The number of carbonyl (C=O) groups is 1. The summed E-state index contributed by atoms with van der Waals surface area (Å²) in [4.78, 5) is 19.1. The zero-order valence-electron chi connectivity index (χ0n) is 17.9. The minimum absolute atomic E-state index is 0.0865. The molecular weight excluding hydrogens is 390 g/mol. The third-order valence-corrected chi connectivity index (χ3v) is 5.80. The first-order chi connectivity index (χ1) is 15.2. The fourth-order valence-electron chi connectivity index (χ4n) is 4.32. The molecule has 6 nitrogen and oxygen atoms in total. The van der Waals surface area contributed by atoms with Gasteiger partial charge in [-0.15, -0.1) is 0 Å². The van der Waals surface area contributed by atoms with E-state index in [1.54, 1.807) is 0 Å². The van der Waals surface area contributed by atoms with Crippen molar-refractivity contribution in [2.45, 2.75) is 51.1 Å². The predicted molar refractivity (Wildman–Crippen MR) is 117 cm³/mol. The Morgan fingerprint density at radius 1 is 1.10 bits per heavy atom. The average molecular weight is 420 g/mol. The Bertz CT molecular complexity index is 919. The molecule has 1 atom stereocenters. The molecule has 0 saturated carbocycles. The summed E-state index contributed by atoms with van der Waals surface area (Å²) in [5.74, 6) is 1.02. The van der Waals surface area contributed by atoms with Crippen LogP contribution in [0.5, 0.6) is 0 Å². The molecule has 0 aliphatic carbocycles. The zero-order valence-corrected chi connectivity index (χ0v) is 17.9. The zero-order chi connectivity index (χ0) is 21.5. The van der Waals surface area contributed by atoms with Crippen molar-refractivity contribution in [3.05, 3.63) is 83.5 Å². The Kier molecular flexibility index (Phi) is 7.10. The highest BCUT2D eigenvalue weighted by molar-refractivity contribution is 5.70. The standard InChI is InChI=1S/C25H29N3O3/c1-2-30-23(29)17-21-15-9-10-16-28(21)18-22-26-25(27-31-22)24(19-11-5-3-6-12-19)20-13-7-4-8-14-20/h3-8,11-14,21,24H,2,9-10,15-18H2,1H3. The van der Waals surface area contributed by atoms with E-state index in [0.29, 0.717) is 31.3 Å². The molecule has 1 saturated heterocycles. The highest BCUT2D eigenvalue weighted by Gasteiger charge is 2.28. The molecule has 31 heavy (non-hydrogen) atoms. The molecule has 2 heterocycles. The fourth-order valence-corrected chi connectivity index (χ4v) is 4.32. The molecule has 1 aliphatic heterocycles. The average Bonchev–Trinajstić information content (AvgIpc) is 3.25. The van der Waals surface area contributed by atoms with E-state index in [-0.39, 0.29) is 17.9 Å². The number of carbonyl (C=O) groups excluding carboxylic acids is 1. The second-order valence-electron chi connectivity index (χ2n) is 7.93. The van der Waals surface area contributed by atoms with E-state index < -0.39 is 0 Å². The van der Waals surface area contributed by atoms with Crippen LogP contribution in [0, 0.1) is 0 Å². The van der Waals surface area contributed by atoms with Gasteiger partial charge in [-0.1, -0.05) is 72.2 Å². The van der Waals surface area contributed by atoms with Gasteiger partial charge in [-0.05, 0) is 37.4 Å². The second kappa shape index (κ2) is 10.4. The van der Waals surface area contributed by atoms with Crippen molar-refractivity contribution in [1.82, 2.24) is 15.0 Å². The van der Waals surface area contributed by atoms with Crippen LogP contribution in [-0.4, -0.2) is 40.2 Å². The van der Waals surface area contributed by atoms with Crippen molar-refractivity contribution in [2.24, 2.45) is 0 Å². The van der Waals surface area contributed by atoms with Crippen LogP contribution in [0.1, 0.15) is 61.4 Å². The second-order valence-corrected chi connectivity index (χ2v) is 7.93. The number of benzene rings is 2. The van der Waals surface area contributed by atoms with Gasteiger partial charge in [0.05, 0.1) is 25.5 Å². The minimum atomic E-state index is -0.140. The van der Waals surface area contributed by atoms with E-state index in [1.165, 1.54) is 0 Å². The van der Waals surface area contributed by atoms with Crippen LogP contribution >= 0.6 is 0 Å². The largest absolute Gasteiger partial charge is 0.466 e. The van der Waals surface area contributed by atoms with Crippen molar-refractivity contribution in [3.63, 3.8) is 0 Å². The topological polar surface area (TPSA) is 68.5 Å². The fraction of sp³-hybridized carbons (Fsp3) is 0.400. The molecule has 0 spiro atoms. The first-order valence-electron chi connectivity index (χ1n) is 11.1. The highest BCUT2D eigenvalue weighted by Crippen LogP contribution is 2.30. The van der Waals surface area contributed by atoms with Gasteiger partial charge in [-0.3, -0.25) is 9.69 Å². The number of hydrogen-bond donors (Lipinski definition) is 0. The molecule has 3 aromatic rings. The van der Waals surface area contributed by atoms with Gasteiger partial charge in [-0.2, -0.15) is 4.98 Å². The van der Waals surface area contributed by atoms with Gasteiger partial charge < -0.3 is 9.26 Å². The van der Waals surface area contributed by atoms with Crippen LogP contribution in [0.15, 0.2) is 65.2 Å². The quantitative estimate of drug-likeness (QED) is 0.499. The van der Waals surface area contributed by atoms with Gasteiger partial charge >= 0.3 is 5.97 Å². The van der Waals surface area contributed by atoms with Crippen LogP contribution in [0.3, 0.4) is 0 Å². The van der Waals surface area contributed by atoms with E-state index in [2.05, 4.69) is 34.3 Å². The molecule has 2 aromatic carbocycles. The molecule has 4 rings (SSSR count). The number of piperidine rings is 1. The number of rotatable bonds is 8. The smallest absolute Gasteiger partial charge is 0.307 e. The normalized spacial score (nSPS) is 17.0. The Morgan fingerprint density at radius 3 is 2.42 bits per heavy atom. The maximum Gasteiger partial charge on any atom is 0.307 e. The lowest BCUT2D eigenvalue weighted by Gasteiger charge is -2.34. The van der Waals surface area contributed by atoms with Crippen LogP contribution in [0.25, 0.3) is 0 Å². The lowest BCUT2D eigenvalue weighted by molar-refractivity contribution is -0.145.